The third kappa shape index (κ3) is 6.36. The summed E-state index contributed by atoms with van der Waals surface area (Å²) in [6.07, 6.45) is 0.0425. The normalized spacial score (nSPS) is 11.2. The zero-order chi connectivity index (χ0) is 25.7. The van der Waals surface area contributed by atoms with Crippen LogP contribution in [0.3, 0.4) is 0 Å². The number of aromatic nitrogens is 4. The van der Waals surface area contributed by atoms with Crippen molar-refractivity contribution in [2.45, 2.75) is 45.3 Å². The van der Waals surface area contributed by atoms with E-state index in [1.54, 1.807) is 11.8 Å². The average molecular weight is 499 g/mol. The number of aryl methyl sites for hydroxylation is 1. The Balaban J connectivity index is 1.95. The maximum absolute atomic E-state index is 13.1. The molecule has 0 unspecified atom stereocenters. The first kappa shape index (κ1) is 26.1. The molecule has 1 aromatic carbocycles. The Morgan fingerprint density at radius 2 is 1.83 bits per heavy atom. The molecule has 35 heavy (non-hydrogen) atoms. The summed E-state index contributed by atoms with van der Waals surface area (Å²) in [5, 5.41) is 0.552. The van der Waals surface area contributed by atoms with Crippen LogP contribution in [0, 0.1) is 12.8 Å². The average Bonchev–Trinajstić information content (AvgIpc) is 2.81. The van der Waals surface area contributed by atoms with Crippen LogP contribution >= 0.6 is 11.8 Å². The minimum atomic E-state index is -0.505. The van der Waals surface area contributed by atoms with Crippen molar-refractivity contribution in [1.82, 2.24) is 24.0 Å². The number of fused-ring (bicyclic) bond motifs is 1. The van der Waals surface area contributed by atoms with Crippen molar-refractivity contribution in [3.63, 3.8) is 0 Å². The van der Waals surface area contributed by atoms with Gasteiger partial charge in [0.15, 0.2) is 5.65 Å². The van der Waals surface area contributed by atoms with Crippen molar-refractivity contribution in [2.75, 3.05) is 12.3 Å². The lowest BCUT2D eigenvalue weighted by Gasteiger charge is -2.22. The van der Waals surface area contributed by atoms with Crippen molar-refractivity contribution in [2.24, 2.45) is 18.7 Å². The van der Waals surface area contributed by atoms with E-state index in [9.17, 15) is 19.2 Å². The summed E-state index contributed by atoms with van der Waals surface area (Å²) in [6.45, 7) is 6.52. The summed E-state index contributed by atoms with van der Waals surface area (Å²) < 4.78 is 2.53. The molecule has 3 aromatic rings. The molecule has 0 saturated carbocycles. The molecular weight excluding hydrogens is 468 g/mol. The van der Waals surface area contributed by atoms with Crippen molar-refractivity contribution >= 4 is 34.6 Å². The number of benzene rings is 1. The molecule has 11 heteroatoms. The molecule has 186 valence electrons. The van der Waals surface area contributed by atoms with Crippen molar-refractivity contribution in [3.8, 4) is 0 Å². The zero-order valence-electron chi connectivity index (χ0n) is 20.4. The van der Waals surface area contributed by atoms with E-state index >= 15 is 0 Å². The molecule has 0 aliphatic rings. The molecule has 2 amide bonds. The molecule has 0 aliphatic carbocycles. The van der Waals surface area contributed by atoms with Gasteiger partial charge in [0.1, 0.15) is 16.2 Å². The molecule has 2 N–H and O–H groups in total. The Kier molecular flexibility index (Phi) is 8.44. The van der Waals surface area contributed by atoms with Crippen LogP contribution in [0.15, 0.2) is 44.9 Å². The largest absolute Gasteiger partial charge is 0.370 e. The van der Waals surface area contributed by atoms with E-state index in [4.69, 9.17) is 5.73 Å². The maximum Gasteiger partial charge on any atom is 0.332 e. The number of carbonyl (C=O) groups excluding carboxylic acids is 2. The van der Waals surface area contributed by atoms with Crippen LogP contribution in [0.4, 0.5) is 0 Å². The standard InChI is InChI=1S/C24H30N6O4S/c1-15(2)12-30-21-20(23(33)28(4)24(30)34)22(27-16(3)26-21)35-14-19(32)29(11-10-18(25)31)13-17-8-6-5-7-9-17/h5-9,15H,10-14H2,1-4H3,(H2,25,31). The molecule has 2 aromatic heterocycles. The summed E-state index contributed by atoms with van der Waals surface area (Å²) >= 11 is 1.11. The SMILES string of the molecule is Cc1nc(SCC(=O)N(CCC(N)=O)Cc2ccccc2)c2c(=O)n(C)c(=O)n(CC(C)C)c2n1. The van der Waals surface area contributed by atoms with Crippen LogP contribution in [0.1, 0.15) is 31.7 Å². The number of primary amides is 1. The van der Waals surface area contributed by atoms with E-state index in [1.807, 2.05) is 44.2 Å². The van der Waals surface area contributed by atoms with Gasteiger partial charge in [-0.1, -0.05) is 55.9 Å². The molecule has 2 heterocycles. The van der Waals surface area contributed by atoms with Gasteiger partial charge in [-0.05, 0) is 18.4 Å². The van der Waals surface area contributed by atoms with E-state index in [-0.39, 0.29) is 41.6 Å². The van der Waals surface area contributed by atoms with Crippen molar-refractivity contribution < 1.29 is 9.59 Å². The highest BCUT2D eigenvalue weighted by atomic mass is 32.2. The third-order valence-corrected chi connectivity index (χ3v) is 6.30. The highest BCUT2D eigenvalue weighted by Gasteiger charge is 2.21. The Morgan fingerprint density at radius 3 is 2.46 bits per heavy atom. The van der Waals surface area contributed by atoms with E-state index < -0.39 is 17.2 Å². The van der Waals surface area contributed by atoms with Crippen LogP contribution in [-0.4, -0.2) is 48.1 Å². The smallest absolute Gasteiger partial charge is 0.332 e. The van der Waals surface area contributed by atoms with Gasteiger partial charge in [0.25, 0.3) is 5.56 Å². The fourth-order valence-electron chi connectivity index (χ4n) is 3.64. The number of hydrogen-bond acceptors (Lipinski definition) is 7. The fourth-order valence-corrected chi connectivity index (χ4v) is 4.60. The van der Waals surface area contributed by atoms with Crippen molar-refractivity contribution in [1.29, 1.82) is 0 Å². The lowest BCUT2D eigenvalue weighted by molar-refractivity contribution is -0.129. The highest BCUT2D eigenvalue weighted by Crippen LogP contribution is 2.23. The summed E-state index contributed by atoms with van der Waals surface area (Å²) in [6, 6.07) is 9.44. The number of hydrogen-bond donors (Lipinski definition) is 1. The van der Waals surface area contributed by atoms with Gasteiger partial charge < -0.3 is 10.6 Å². The minimum Gasteiger partial charge on any atom is -0.370 e. The van der Waals surface area contributed by atoms with Gasteiger partial charge in [0, 0.05) is 33.1 Å². The minimum absolute atomic E-state index is 0.0103. The van der Waals surface area contributed by atoms with Crippen LogP contribution in [0.5, 0.6) is 0 Å². The molecule has 0 saturated heterocycles. The van der Waals surface area contributed by atoms with Crippen LogP contribution in [-0.2, 0) is 29.7 Å². The fraction of sp³-hybridized carbons (Fsp3) is 0.417. The molecule has 0 bridgehead atoms. The van der Waals surface area contributed by atoms with Gasteiger partial charge in [0.2, 0.25) is 11.8 Å². The topological polar surface area (TPSA) is 133 Å². The van der Waals surface area contributed by atoms with E-state index in [1.165, 1.54) is 11.6 Å². The lowest BCUT2D eigenvalue weighted by Crippen LogP contribution is -2.39. The summed E-state index contributed by atoms with van der Waals surface area (Å²) in [5.74, 6) is -0.182. The molecule has 0 aliphatic heterocycles. The monoisotopic (exact) mass is 498 g/mol. The molecule has 0 atom stereocenters. The summed E-state index contributed by atoms with van der Waals surface area (Å²) in [5.41, 5.74) is 5.55. The molecule has 3 rings (SSSR count). The predicted molar refractivity (Wildman–Crippen MR) is 135 cm³/mol. The van der Waals surface area contributed by atoms with Crippen LogP contribution < -0.4 is 17.0 Å². The molecule has 0 radical (unpaired) electrons. The van der Waals surface area contributed by atoms with Gasteiger partial charge in [-0.15, -0.1) is 0 Å². The van der Waals surface area contributed by atoms with Gasteiger partial charge in [-0.25, -0.2) is 14.8 Å². The quantitative estimate of drug-likeness (QED) is 0.330. The second-order valence-corrected chi connectivity index (χ2v) is 9.70. The van der Waals surface area contributed by atoms with Crippen LogP contribution in [0.2, 0.25) is 0 Å². The number of nitrogens with two attached hydrogens (primary N) is 1. The summed E-state index contributed by atoms with van der Waals surface area (Å²) in [4.78, 5) is 60.7. The summed E-state index contributed by atoms with van der Waals surface area (Å²) in [7, 11) is 1.42. The Bertz CT molecular complexity index is 1350. The van der Waals surface area contributed by atoms with E-state index in [0.29, 0.717) is 23.9 Å². The first-order valence-electron chi connectivity index (χ1n) is 11.3. The third-order valence-electron chi connectivity index (χ3n) is 5.34. The number of amides is 2. The predicted octanol–water partition coefficient (Wildman–Crippen LogP) is 1.45. The molecule has 0 fully saturated rings. The number of nitrogens with zero attached hydrogens (tertiary/aromatic N) is 5. The maximum atomic E-state index is 13.1. The number of carbonyl (C=O) groups is 2. The number of rotatable bonds is 10. The van der Waals surface area contributed by atoms with Gasteiger partial charge >= 0.3 is 5.69 Å². The Hall–Kier alpha value is -3.47. The zero-order valence-corrected chi connectivity index (χ0v) is 21.2. The van der Waals surface area contributed by atoms with Gasteiger partial charge in [0.05, 0.1) is 5.75 Å². The molecular formula is C24H30N6O4S. The highest BCUT2D eigenvalue weighted by molar-refractivity contribution is 8.00. The van der Waals surface area contributed by atoms with Gasteiger partial charge in [-0.3, -0.25) is 23.5 Å². The molecule has 0 spiro atoms. The first-order valence-corrected chi connectivity index (χ1v) is 12.3. The Labute approximate surface area is 207 Å². The van der Waals surface area contributed by atoms with Gasteiger partial charge in [-0.2, -0.15) is 0 Å². The second-order valence-electron chi connectivity index (χ2n) is 8.73. The first-order chi connectivity index (χ1) is 16.6. The number of thioether (sulfide) groups is 1. The van der Waals surface area contributed by atoms with E-state index in [0.717, 1.165) is 21.9 Å². The van der Waals surface area contributed by atoms with Crippen molar-refractivity contribution in [3.05, 3.63) is 62.6 Å². The van der Waals surface area contributed by atoms with E-state index in [2.05, 4.69) is 9.97 Å². The lowest BCUT2D eigenvalue weighted by atomic mass is 10.2. The molecule has 10 nitrogen and oxygen atoms in total. The Morgan fingerprint density at radius 1 is 1.14 bits per heavy atom. The second kappa shape index (κ2) is 11.3. The van der Waals surface area contributed by atoms with Crippen LogP contribution in [0.25, 0.3) is 11.0 Å².